The molecule has 1 N–H and O–H groups in total. The van der Waals surface area contributed by atoms with E-state index in [2.05, 4.69) is 21.2 Å². The van der Waals surface area contributed by atoms with E-state index in [1.807, 2.05) is 0 Å². The van der Waals surface area contributed by atoms with E-state index in [-0.39, 0.29) is 22.0 Å². The van der Waals surface area contributed by atoms with E-state index in [0.29, 0.717) is 26.8 Å². The Balaban J connectivity index is 1.77. The normalized spacial score (nSPS) is 10.8. The first kappa shape index (κ1) is 22.5. The molecule has 3 aromatic carbocycles. The number of furan rings is 1. The number of nitrogens with zero attached hydrogens (tertiary/aromatic N) is 1. The number of ether oxygens (including phenoxy) is 1. The quantitative estimate of drug-likeness (QED) is 0.179. The monoisotopic (exact) mass is 528 g/mol. The van der Waals surface area contributed by atoms with Crippen LogP contribution in [-0.4, -0.2) is 23.7 Å². The lowest BCUT2D eigenvalue weighted by molar-refractivity contribution is -0.384. The van der Waals surface area contributed by atoms with Gasteiger partial charge in [0.1, 0.15) is 16.4 Å². The van der Waals surface area contributed by atoms with Crippen molar-refractivity contribution in [1.29, 1.82) is 0 Å². The lowest BCUT2D eigenvalue weighted by Crippen LogP contribution is -2.14. The molecule has 0 aliphatic carbocycles. The summed E-state index contributed by atoms with van der Waals surface area (Å²) in [5.74, 6) is -0.655. The van der Waals surface area contributed by atoms with E-state index in [1.54, 1.807) is 42.5 Å². The number of anilines is 1. The van der Waals surface area contributed by atoms with Gasteiger partial charge in [0.25, 0.3) is 11.6 Å². The van der Waals surface area contributed by atoms with Crippen LogP contribution in [-0.2, 0) is 0 Å². The van der Waals surface area contributed by atoms with Gasteiger partial charge in [-0.25, -0.2) is 0 Å². The third-order valence-corrected chi connectivity index (χ3v) is 5.80. The second-order valence-electron chi connectivity index (χ2n) is 6.86. The molecule has 10 heteroatoms. The van der Waals surface area contributed by atoms with Gasteiger partial charge in [0.15, 0.2) is 5.76 Å². The number of amides is 1. The lowest BCUT2D eigenvalue weighted by atomic mass is 10.1. The summed E-state index contributed by atoms with van der Waals surface area (Å²) in [7, 11) is 1.51. The molecule has 0 fully saturated rings. The van der Waals surface area contributed by atoms with Crippen molar-refractivity contribution in [3.8, 4) is 5.75 Å². The standard InChI is InChI=1S/C23H14BrClN2O6/c1-32-19-9-7-12(10-15(19)24)21(28)22-20(14-4-2-3-5-18(14)33-22)26-23(29)13-6-8-16(25)17(11-13)27(30)31/h2-11H,1H3,(H,26,29). The largest absolute Gasteiger partial charge is 0.496 e. The van der Waals surface area contributed by atoms with Crippen LogP contribution < -0.4 is 10.1 Å². The summed E-state index contributed by atoms with van der Waals surface area (Å²) in [6.45, 7) is 0. The predicted octanol–water partition coefficient (Wildman–Crippen LogP) is 6.25. The molecular weight excluding hydrogens is 516 g/mol. The number of carbonyl (C=O) groups is 2. The highest BCUT2D eigenvalue weighted by atomic mass is 79.9. The van der Waals surface area contributed by atoms with Crippen molar-refractivity contribution < 1.29 is 23.7 Å². The van der Waals surface area contributed by atoms with Crippen molar-refractivity contribution in [2.24, 2.45) is 0 Å². The Hall–Kier alpha value is -3.69. The highest BCUT2D eigenvalue weighted by molar-refractivity contribution is 9.10. The second kappa shape index (κ2) is 9.05. The number of hydrogen-bond acceptors (Lipinski definition) is 6. The van der Waals surface area contributed by atoms with E-state index in [9.17, 15) is 19.7 Å². The molecule has 33 heavy (non-hydrogen) atoms. The zero-order valence-corrected chi connectivity index (χ0v) is 19.3. The van der Waals surface area contributed by atoms with Gasteiger partial charge in [0.2, 0.25) is 5.78 Å². The number of rotatable bonds is 6. The number of nitrogens with one attached hydrogen (secondary N) is 1. The number of para-hydroxylation sites is 1. The lowest BCUT2D eigenvalue weighted by Gasteiger charge is -2.08. The molecular formula is C23H14BrClN2O6. The summed E-state index contributed by atoms with van der Waals surface area (Å²) in [4.78, 5) is 36.7. The topological polar surface area (TPSA) is 112 Å². The fraction of sp³-hybridized carbons (Fsp3) is 0.0435. The highest BCUT2D eigenvalue weighted by Crippen LogP contribution is 2.35. The highest BCUT2D eigenvalue weighted by Gasteiger charge is 2.25. The predicted molar refractivity (Wildman–Crippen MR) is 126 cm³/mol. The smallest absolute Gasteiger partial charge is 0.288 e. The van der Waals surface area contributed by atoms with Gasteiger partial charge in [-0.15, -0.1) is 0 Å². The number of methoxy groups -OCH3 is 1. The van der Waals surface area contributed by atoms with Gasteiger partial charge in [-0.1, -0.05) is 23.7 Å². The van der Waals surface area contributed by atoms with Gasteiger partial charge < -0.3 is 14.5 Å². The fourth-order valence-corrected chi connectivity index (χ4v) is 3.97. The Labute approximate surface area is 200 Å². The zero-order valence-electron chi connectivity index (χ0n) is 16.9. The Bertz CT molecular complexity index is 1430. The van der Waals surface area contributed by atoms with Crippen LogP contribution in [0.1, 0.15) is 26.5 Å². The molecule has 4 rings (SSSR count). The molecule has 0 saturated heterocycles. The summed E-state index contributed by atoms with van der Waals surface area (Å²) in [6.07, 6.45) is 0. The second-order valence-corrected chi connectivity index (χ2v) is 8.12. The minimum absolute atomic E-state index is 0.00183. The van der Waals surface area contributed by atoms with Crippen LogP contribution in [0.15, 0.2) is 69.6 Å². The average molecular weight is 530 g/mol. The maximum Gasteiger partial charge on any atom is 0.288 e. The Morgan fingerprint density at radius 3 is 2.52 bits per heavy atom. The number of hydrogen-bond donors (Lipinski definition) is 1. The number of fused-ring (bicyclic) bond motifs is 1. The molecule has 166 valence electrons. The summed E-state index contributed by atoms with van der Waals surface area (Å²) >= 11 is 9.19. The van der Waals surface area contributed by atoms with Crippen molar-refractivity contribution in [3.05, 3.63) is 97.2 Å². The van der Waals surface area contributed by atoms with Crippen molar-refractivity contribution >= 4 is 61.6 Å². The first-order chi connectivity index (χ1) is 15.8. The fourth-order valence-electron chi connectivity index (χ4n) is 3.25. The Morgan fingerprint density at radius 2 is 1.82 bits per heavy atom. The minimum Gasteiger partial charge on any atom is -0.496 e. The van der Waals surface area contributed by atoms with Crippen molar-refractivity contribution in [2.75, 3.05) is 12.4 Å². The van der Waals surface area contributed by atoms with Crippen LogP contribution in [0.2, 0.25) is 5.02 Å². The number of nitro groups is 1. The van der Waals surface area contributed by atoms with Crippen molar-refractivity contribution in [2.45, 2.75) is 0 Å². The molecule has 0 radical (unpaired) electrons. The molecule has 1 amide bonds. The third-order valence-electron chi connectivity index (χ3n) is 4.86. The van der Waals surface area contributed by atoms with E-state index >= 15 is 0 Å². The molecule has 0 spiro atoms. The van der Waals surface area contributed by atoms with Gasteiger partial charge in [0, 0.05) is 22.6 Å². The number of nitro benzene ring substituents is 1. The van der Waals surface area contributed by atoms with Crippen LogP contribution in [0, 0.1) is 10.1 Å². The van der Waals surface area contributed by atoms with Crippen molar-refractivity contribution in [1.82, 2.24) is 0 Å². The summed E-state index contributed by atoms with van der Waals surface area (Å²) in [6, 6.07) is 15.3. The van der Waals surface area contributed by atoms with Gasteiger partial charge in [0.05, 0.1) is 22.2 Å². The van der Waals surface area contributed by atoms with Gasteiger partial charge in [-0.2, -0.15) is 0 Å². The zero-order chi connectivity index (χ0) is 23.7. The molecule has 8 nitrogen and oxygen atoms in total. The van der Waals surface area contributed by atoms with Crippen molar-refractivity contribution in [3.63, 3.8) is 0 Å². The first-order valence-electron chi connectivity index (χ1n) is 9.45. The first-order valence-corrected chi connectivity index (χ1v) is 10.6. The van der Waals surface area contributed by atoms with Crippen LogP contribution >= 0.6 is 27.5 Å². The average Bonchev–Trinajstić information content (AvgIpc) is 3.16. The number of carbonyl (C=O) groups excluding carboxylic acids is 2. The number of benzene rings is 3. The summed E-state index contributed by atoms with van der Waals surface area (Å²) in [5, 5.41) is 14.3. The maximum absolute atomic E-state index is 13.3. The van der Waals surface area contributed by atoms with E-state index < -0.39 is 22.3 Å². The van der Waals surface area contributed by atoms with E-state index in [1.165, 1.54) is 19.2 Å². The summed E-state index contributed by atoms with van der Waals surface area (Å²) < 4.78 is 11.6. The molecule has 0 aliphatic heterocycles. The SMILES string of the molecule is COc1ccc(C(=O)c2oc3ccccc3c2NC(=O)c2ccc(Cl)c([N+](=O)[O-])c2)cc1Br. The molecule has 0 atom stereocenters. The molecule has 1 aromatic heterocycles. The minimum atomic E-state index is -0.678. The van der Waals surface area contributed by atoms with Crippen LogP contribution in [0.25, 0.3) is 11.0 Å². The van der Waals surface area contributed by atoms with E-state index in [4.69, 9.17) is 20.8 Å². The van der Waals surface area contributed by atoms with Crippen LogP contribution in [0.5, 0.6) is 5.75 Å². The maximum atomic E-state index is 13.3. The molecule has 0 bridgehead atoms. The molecule has 1 heterocycles. The number of halogens is 2. The van der Waals surface area contributed by atoms with Gasteiger partial charge in [-0.05, 0) is 58.4 Å². The summed E-state index contributed by atoms with van der Waals surface area (Å²) in [5.41, 5.74) is 0.457. The molecule has 0 saturated carbocycles. The van der Waals surface area contributed by atoms with Crippen LogP contribution in [0.4, 0.5) is 11.4 Å². The third kappa shape index (κ3) is 4.33. The van der Waals surface area contributed by atoms with Crippen LogP contribution in [0.3, 0.4) is 0 Å². The van der Waals surface area contributed by atoms with Gasteiger partial charge in [-0.3, -0.25) is 19.7 Å². The molecule has 4 aromatic rings. The molecule has 0 unspecified atom stereocenters. The van der Waals surface area contributed by atoms with Gasteiger partial charge >= 0.3 is 0 Å². The Morgan fingerprint density at radius 1 is 1.09 bits per heavy atom. The number of ketones is 1. The van der Waals surface area contributed by atoms with E-state index in [0.717, 1.165) is 6.07 Å². The Kier molecular flexibility index (Phi) is 6.17. The molecule has 0 aliphatic rings.